The summed E-state index contributed by atoms with van der Waals surface area (Å²) in [6.07, 6.45) is 3.33. The number of aliphatic hydroxyl groups is 1. The Kier molecular flexibility index (Phi) is 13.2. The van der Waals surface area contributed by atoms with Crippen LogP contribution in [-0.2, 0) is 42.9 Å². The first-order valence-corrected chi connectivity index (χ1v) is 13.8. The minimum absolute atomic E-state index is 0.0689. The Labute approximate surface area is 209 Å². The lowest BCUT2D eigenvalue weighted by Crippen LogP contribution is -2.34. The monoisotopic (exact) mass is 522 g/mol. The summed E-state index contributed by atoms with van der Waals surface area (Å²) < 4.78 is 44.9. The molecule has 1 N–H and O–H groups in total. The molecule has 1 saturated carbocycles. The lowest BCUT2D eigenvalue weighted by atomic mass is 9.78. The van der Waals surface area contributed by atoms with Gasteiger partial charge in [0.25, 0.3) is 10.1 Å². The molecule has 0 aromatic carbocycles. The highest BCUT2D eigenvalue weighted by Gasteiger charge is 2.38. The van der Waals surface area contributed by atoms with Crippen LogP contribution in [0.1, 0.15) is 72.6 Å². The van der Waals surface area contributed by atoms with Crippen molar-refractivity contribution in [3.8, 4) is 0 Å². The predicted molar refractivity (Wildman–Crippen MR) is 128 cm³/mol. The van der Waals surface area contributed by atoms with E-state index in [9.17, 15) is 22.8 Å². The van der Waals surface area contributed by atoms with Crippen molar-refractivity contribution in [2.75, 3.05) is 33.5 Å². The molecule has 0 amide bonds. The molecule has 35 heavy (non-hydrogen) atoms. The van der Waals surface area contributed by atoms with Gasteiger partial charge in [-0.25, -0.2) is 0 Å². The van der Waals surface area contributed by atoms with E-state index in [1.807, 2.05) is 0 Å². The SMILES string of the molecule is CCC(CC(CC(C)(C)C(=O)OC)C(=O)OCCO)C(=O)OCCOS(=O)(=O)C1CCC(C)CC1. The first-order valence-electron chi connectivity index (χ1n) is 12.3. The Hall–Kier alpha value is -1.72. The standard InChI is InChI=1S/C24H42O10S/c1-6-18(15-19(22(27)32-12-11-25)16-24(3,4)23(28)31-5)21(26)33-13-14-34-35(29,30)20-9-7-17(2)8-10-20/h17-20,25H,6-16H2,1-5H3. The van der Waals surface area contributed by atoms with Crippen molar-refractivity contribution in [3.05, 3.63) is 0 Å². The van der Waals surface area contributed by atoms with Gasteiger partial charge < -0.3 is 19.3 Å². The van der Waals surface area contributed by atoms with Gasteiger partial charge in [-0.2, -0.15) is 8.42 Å². The van der Waals surface area contributed by atoms with E-state index in [0.717, 1.165) is 12.8 Å². The molecule has 2 atom stereocenters. The maximum Gasteiger partial charge on any atom is 0.311 e. The number of hydrogen-bond donors (Lipinski definition) is 1. The number of carbonyl (C=O) groups is 3. The van der Waals surface area contributed by atoms with E-state index in [0.29, 0.717) is 25.2 Å². The Morgan fingerprint density at radius 1 is 0.971 bits per heavy atom. The minimum atomic E-state index is -3.72. The second-order valence-corrected chi connectivity index (χ2v) is 11.8. The summed E-state index contributed by atoms with van der Waals surface area (Å²) >= 11 is 0. The second-order valence-electron chi connectivity index (χ2n) is 9.87. The molecular weight excluding hydrogens is 480 g/mol. The lowest BCUT2D eigenvalue weighted by Gasteiger charge is -2.28. The van der Waals surface area contributed by atoms with Gasteiger partial charge in [-0.15, -0.1) is 0 Å². The van der Waals surface area contributed by atoms with Crippen molar-refractivity contribution in [1.29, 1.82) is 0 Å². The van der Waals surface area contributed by atoms with Gasteiger partial charge in [0.05, 0.1) is 36.2 Å². The van der Waals surface area contributed by atoms with Crippen LogP contribution in [0.2, 0.25) is 0 Å². The molecule has 0 bridgehead atoms. The third kappa shape index (κ3) is 10.4. The van der Waals surface area contributed by atoms with Gasteiger partial charge in [-0.1, -0.05) is 13.8 Å². The molecule has 0 heterocycles. The topological polar surface area (TPSA) is 142 Å². The fraction of sp³-hybridized carbons (Fsp3) is 0.875. The Balaban J connectivity index is 2.68. The summed E-state index contributed by atoms with van der Waals surface area (Å²) in [7, 11) is -2.46. The van der Waals surface area contributed by atoms with Gasteiger partial charge in [-0.05, 0) is 64.7 Å². The normalized spacial score (nSPS) is 20.5. The second kappa shape index (κ2) is 14.7. The van der Waals surface area contributed by atoms with Crippen LogP contribution in [0.3, 0.4) is 0 Å². The summed E-state index contributed by atoms with van der Waals surface area (Å²) in [5.41, 5.74) is -1.00. The van der Waals surface area contributed by atoms with Gasteiger partial charge in [0.2, 0.25) is 0 Å². The average molecular weight is 523 g/mol. The highest BCUT2D eigenvalue weighted by Crippen LogP contribution is 2.32. The molecule has 1 aliphatic rings. The fourth-order valence-electron chi connectivity index (χ4n) is 4.30. The molecule has 1 fully saturated rings. The molecule has 1 rings (SSSR count). The lowest BCUT2D eigenvalue weighted by molar-refractivity contribution is -0.158. The van der Waals surface area contributed by atoms with E-state index in [1.165, 1.54) is 7.11 Å². The van der Waals surface area contributed by atoms with E-state index in [1.54, 1.807) is 20.8 Å². The van der Waals surface area contributed by atoms with E-state index in [4.69, 9.17) is 23.5 Å². The highest BCUT2D eigenvalue weighted by atomic mass is 32.2. The maximum atomic E-state index is 12.7. The van der Waals surface area contributed by atoms with Gasteiger partial charge in [0.15, 0.2) is 0 Å². The number of esters is 3. The summed E-state index contributed by atoms with van der Waals surface area (Å²) in [5.74, 6) is -2.69. The first kappa shape index (κ1) is 31.3. The molecule has 0 aromatic heterocycles. The minimum Gasteiger partial charge on any atom is -0.469 e. The van der Waals surface area contributed by atoms with Crippen molar-refractivity contribution in [1.82, 2.24) is 0 Å². The van der Waals surface area contributed by atoms with Crippen LogP contribution in [0.25, 0.3) is 0 Å². The molecule has 1 aliphatic carbocycles. The maximum absolute atomic E-state index is 12.7. The number of aliphatic hydroxyl groups excluding tert-OH is 1. The van der Waals surface area contributed by atoms with Gasteiger partial charge >= 0.3 is 17.9 Å². The van der Waals surface area contributed by atoms with Gasteiger partial charge in [0.1, 0.15) is 19.8 Å². The molecule has 11 heteroatoms. The largest absolute Gasteiger partial charge is 0.469 e. The quantitative estimate of drug-likeness (QED) is 0.148. The van der Waals surface area contributed by atoms with E-state index < -0.39 is 50.5 Å². The van der Waals surface area contributed by atoms with Crippen molar-refractivity contribution in [3.63, 3.8) is 0 Å². The van der Waals surface area contributed by atoms with Gasteiger partial charge in [0, 0.05) is 0 Å². The van der Waals surface area contributed by atoms with Crippen molar-refractivity contribution in [2.45, 2.75) is 77.9 Å². The number of carbonyl (C=O) groups excluding carboxylic acids is 3. The fourth-order valence-corrected chi connectivity index (χ4v) is 5.64. The zero-order chi connectivity index (χ0) is 26.6. The van der Waals surface area contributed by atoms with Crippen molar-refractivity contribution in [2.24, 2.45) is 23.2 Å². The first-order chi connectivity index (χ1) is 16.4. The van der Waals surface area contributed by atoms with Crippen molar-refractivity contribution < 1.29 is 46.3 Å². The van der Waals surface area contributed by atoms with Crippen LogP contribution in [0, 0.1) is 23.2 Å². The van der Waals surface area contributed by atoms with Crippen LogP contribution in [0.5, 0.6) is 0 Å². The molecule has 0 radical (unpaired) electrons. The number of hydrogen-bond acceptors (Lipinski definition) is 10. The smallest absolute Gasteiger partial charge is 0.311 e. The zero-order valence-corrected chi connectivity index (χ0v) is 22.4. The molecule has 0 spiro atoms. The summed E-state index contributed by atoms with van der Waals surface area (Å²) in [6, 6.07) is 0. The highest BCUT2D eigenvalue weighted by molar-refractivity contribution is 7.87. The third-order valence-electron chi connectivity index (χ3n) is 6.51. The molecule has 2 unspecified atom stereocenters. The molecular formula is C24H42O10S. The summed E-state index contributed by atoms with van der Waals surface area (Å²) in [4.78, 5) is 37.3. The Bertz CT molecular complexity index is 784. The number of methoxy groups -OCH3 is 1. The van der Waals surface area contributed by atoms with E-state index in [2.05, 4.69) is 6.92 Å². The summed E-state index contributed by atoms with van der Waals surface area (Å²) in [5, 5.41) is 8.44. The molecule has 10 nitrogen and oxygen atoms in total. The van der Waals surface area contributed by atoms with Gasteiger partial charge in [-0.3, -0.25) is 18.6 Å². The van der Waals surface area contributed by atoms with E-state index in [-0.39, 0.29) is 39.3 Å². The number of ether oxygens (including phenoxy) is 3. The van der Waals surface area contributed by atoms with Crippen LogP contribution in [0.4, 0.5) is 0 Å². The van der Waals surface area contributed by atoms with E-state index >= 15 is 0 Å². The molecule has 0 saturated heterocycles. The Morgan fingerprint density at radius 3 is 2.09 bits per heavy atom. The Morgan fingerprint density at radius 2 is 1.54 bits per heavy atom. The molecule has 0 aromatic rings. The third-order valence-corrected chi connectivity index (χ3v) is 8.29. The van der Waals surface area contributed by atoms with Crippen LogP contribution in [0.15, 0.2) is 0 Å². The molecule has 204 valence electrons. The molecule has 0 aliphatic heterocycles. The average Bonchev–Trinajstić information content (AvgIpc) is 2.82. The zero-order valence-electron chi connectivity index (χ0n) is 21.6. The van der Waals surface area contributed by atoms with Crippen molar-refractivity contribution >= 4 is 28.0 Å². The number of rotatable bonds is 15. The van der Waals surface area contributed by atoms with Crippen LogP contribution < -0.4 is 0 Å². The predicted octanol–water partition coefficient (Wildman–Crippen LogP) is 2.61. The summed E-state index contributed by atoms with van der Waals surface area (Å²) in [6.45, 7) is 6.09. The van der Waals surface area contributed by atoms with Crippen LogP contribution in [-0.4, -0.2) is 70.2 Å². The van der Waals surface area contributed by atoms with Crippen LogP contribution >= 0.6 is 0 Å².